The van der Waals surface area contributed by atoms with Gasteiger partial charge in [-0.2, -0.15) is 0 Å². The summed E-state index contributed by atoms with van der Waals surface area (Å²) in [6, 6.07) is 6.06. The molecule has 0 radical (unpaired) electrons. The van der Waals surface area contributed by atoms with Gasteiger partial charge in [0.05, 0.1) is 10.5 Å². The van der Waals surface area contributed by atoms with Crippen LogP contribution in [-0.4, -0.2) is 17.1 Å². The van der Waals surface area contributed by atoms with E-state index in [9.17, 15) is 0 Å². The van der Waals surface area contributed by atoms with E-state index in [4.69, 9.17) is 11.6 Å². The van der Waals surface area contributed by atoms with Gasteiger partial charge in [-0.15, -0.1) is 0 Å². The molecular weight excluding hydrogens is 244 g/mol. The first-order valence-corrected chi connectivity index (χ1v) is 6.85. The van der Waals surface area contributed by atoms with E-state index in [0.717, 1.165) is 29.9 Å². The van der Waals surface area contributed by atoms with Crippen molar-refractivity contribution in [1.29, 1.82) is 0 Å². The number of aromatic nitrogens is 1. The van der Waals surface area contributed by atoms with E-state index < -0.39 is 0 Å². The Morgan fingerprint density at radius 1 is 1.28 bits per heavy atom. The molecule has 2 nitrogen and oxygen atoms in total. The van der Waals surface area contributed by atoms with Crippen molar-refractivity contribution in [2.75, 3.05) is 6.54 Å². The summed E-state index contributed by atoms with van der Waals surface area (Å²) in [5.41, 5.74) is 2.60. The maximum Gasteiger partial charge on any atom is 0.0647 e. The summed E-state index contributed by atoms with van der Waals surface area (Å²) in [7, 11) is 0. The molecule has 0 aliphatic carbocycles. The predicted molar refractivity (Wildman–Crippen MR) is 79.4 cm³/mol. The lowest BCUT2D eigenvalue weighted by molar-refractivity contribution is 0.422. The molecule has 1 heterocycles. The summed E-state index contributed by atoms with van der Waals surface area (Å²) < 4.78 is 0. The van der Waals surface area contributed by atoms with Gasteiger partial charge in [0.1, 0.15) is 0 Å². The van der Waals surface area contributed by atoms with E-state index in [2.05, 4.69) is 43.3 Å². The number of rotatable bonds is 4. The van der Waals surface area contributed by atoms with Gasteiger partial charge in [0, 0.05) is 17.1 Å². The number of halogens is 1. The molecule has 0 bridgehead atoms. The highest BCUT2D eigenvalue weighted by molar-refractivity contribution is 6.35. The molecule has 2 N–H and O–H groups in total. The molecule has 98 valence electrons. The fourth-order valence-corrected chi connectivity index (χ4v) is 2.35. The van der Waals surface area contributed by atoms with Crippen LogP contribution in [0.25, 0.3) is 10.9 Å². The maximum absolute atomic E-state index is 6.15. The maximum atomic E-state index is 6.15. The molecule has 2 aromatic rings. The van der Waals surface area contributed by atoms with Gasteiger partial charge in [-0.1, -0.05) is 23.7 Å². The Bertz CT molecular complexity index is 523. The lowest BCUT2D eigenvalue weighted by Gasteiger charge is -2.20. The van der Waals surface area contributed by atoms with E-state index in [1.165, 1.54) is 10.9 Å². The van der Waals surface area contributed by atoms with E-state index in [-0.39, 0.29) is 5.54 Å². The van der Waals surface area contributed by atoms with Crippen molar-refractivity contribution in [2.45, 2.75) is 39.2 Å². The lowest BCUT2D eigenvalue weighted by atomic mass is 10.1. The number of nitrogens with one attached hydrogen (secondary N) is 2. The van der Waals surface area contributed by atoms with Gasteiger partial charge >= 0.3 is 0 Å². The smallest absolute Gasteiger partial charge is 0.0647 e. The van der Waals surface area contributed by atoms with Crippen LogP contribution in [0.1, 0.15) is 32.8 Å². The van der Waals surface area contributed by atoms with Crippen molar-refractivity contribution in [3.63, 3.8) is 0 Å². The van der Waals surface area contributed by atoms with Crippen LogP contribution in [0.4, 0.5) is 0 Å². The quantitative estimate of drug-likeness (QED) is 0.798. The standard InChI is InChI=1S/C15H21ClN2/c1-15(2,3)18-9-5-6-11-10-17-14-12(11)7-4-8-13(14)16/h4,7-8,10,17-18H,5-6,9H2,1-3H3. The Balaban J connectivity index is 1.98. The highest BCUT2D eigenvalue weighted by Crippen LogP contribution is 2.25. The number of H-pyrrole nitrogens is 1. The number of benzene rings is 1. The van der Waals surface area contributed by atoms with Crippen LogP contribution in [-0.2, 0) is 6.42 Å². The van der Waals surface area contributed by atoms with Crippen LogP contribution in [0.3, 0.4) is 0 Å². The number of hydrogen-bond donors (Lipinski definition) is 2. The van der Waals surface area contributed by atoms with Gasteiger partial charge in [-0.3, -0.25) is 0 Å². The second-order valence-electron chi connectivity index (χ2n) is 5.76. The number of aromatic amines is 1. The number of fused-ring (bicyclic) bond motifs is 1. The summed E-state index contributed by atoms with van der Waals surface area (Å²) in [6.07, 6.45) is 4.29. The molecule has 0 atom stereocenters. The molecule has 0 aliphatic rings. The van der Waals surface area contributed by atoms with Crippen LogP contribution in [0.2, 0.25) is 5.02 Å². The monoisotopic (exact) mass is 264 g/mol. The van der Waals surface area contributed by atoms with Gasteiger partial charge in [0.2, 0.25) is 0 Å². The van der Waals surface area contributed by atoms with Crippen LogP contribution >= 0.6 is 11.6 Å². The predicted octanol–water partition coefficient (Wildman–Crippen LogP) is 4.14. The fraction of sp³-hybridized carbons (Fsp3) is 0.467. The van der Waals surface area contributed by atoms with Crippen LogP contribution in [0, 0.1) is 0 Å². The van der Waals surface area contributed by atoms with E-state index in [0.29, 0.717) is 0 Å². The SMILES string of the molecule is CC(C)(C)NCCCc1c[nH]c2c(Cl)cccc12. The molecule has 3 heteroatoms. The lowest BCUT2D eigenvalue weighted by Crippen LogP contribution is -2.36. The van der Waals surface area contributed by atoms with Gasteiger partial charge < -0.3 is 10.3 Å². The highest BCUT2D eigenvalue weighted by atomic mass is 35.5. The number of aryl methyl sites for hydroxylation is 1. The Morgan fingerprint density at radius 2 is 2.06 bits per heavy atom. The molecule has 0 amide bonds. The number of para-hydroxylation sites is 1. The first-order valence-electron chi connectivity index (χ1n) is 6.47. The van der Waals surface area contributed by atoms with Crippen molar-refractivity contribution in [2.24, 2.45) is 0 Å². The zero-order chi connectivity index (χ0) is 13.2. The van der Waals surface area contributed by atoms with Gasteiger partial charge in [0.25, 0.3) is 0 Å². The van der Waals surface area contributed by atoms with Crippen LogP contribution in [0.5, 0.6) is 0 Å². The third kappa shape index (κ3) is 3.27. The van der Waals surface area contributed by atoms with Crippen molar-refractivity contribution in [3.8, 4) is 0 Å². The second kappa shape index (κ2) is 5.33. The molecule has 0 saturated heterocycles. The highest BCUT2D eigenvalue weighted by Gasteiger charge is 2.09. The molecule has 1 aromatic heterocycles. The molecule has 18 heavy (non-hydrogen) atoms. The minimum absolute atomic E-state index is 0.198. The van der Waals surface area contributed by atoms with E-state index in [1.807, 2.05) is 12.1 Å². The molecule has 0 saturated carbocycles. The molecule has 0 fully saturated rings. The number of hydrogen-bond acceptors (Lipinski definition) is 1. The fourth-order valence-electron chi connectivity index (χ4n) is 2.12. The van der Waals surface area contributed by atoms with Crippen molar-refractivity contribution in [1.82, 2.24) is 10.3 Å². The van der Waals surface area contributed by atoms with E-state index >= 15 is 0 Å². The summed E-state index contributed by atoms with van der Waals surface area (Å²) in [5, 5.41) is 5.55. The van der Waals surface area contributed by atoms with Gasteiger partial charge in [-0.05, 0) is 51.8 Å². The molecule has 1 aromatic carbocycles. The Labute approximate surface area is 114 Å². The third-order valence-electron chi connectivity index (χ3n) is 3.03. The Hall–Kier alpha value is -0.990. The molecule has 2 rings (SSSR count). The first-order chi connectivity index (χ1) is 8.47. The Kier molecular flexibility index (Phi) is 3.98. The zero-order valence-corrected chi connectivity index (χ0v) is 12.1. The minimum Gasteiger partial charge on any atom is -0.360 e. The van der Waals surface area contributed by atoms with E-state index in [1.54, 1.807) is 0 Å². The summed E-state index contributed by atoms with van der Waals surface area (Å²) in [4.78, 5) is 3.26. The van der Waals surface area contributed by atoms with Crippen molar-refractivity contribution >= 4 is 22.5 Å². The largest absolute Gasteiger partial charge is 0.360 e. The second-order valence-corrected chi connectivity index (χ2v) is 6.16. The first kappa shape index (κ1) is 13.4. The third-order valence-corrected chi connectivity index (χ3v) is 3.34. The molecule has 0 spiro atoms. The van der Waals surface area contributed by atoms with Gasteiger partial charge in [-0.25, -0.2) is 0 Å². The average molecular weight is 265 g/mol. The summed E-state index contributed by atoms with van der Waals surface area (Å²) in [5.74, 6) is 0. The zero-order valence-electron chi connectivity index (χ0n) is 11.3. The molecular formula is C15H21ClN2. The molecule has 0 unspecified atom stereocenters. The Morgan fingerprint density at radius 3 is 2.78 bits per heavy atom. The van der Waals surface area contributed by atoms with Crippen LogP contribution in [0.15, 0.2) is 24.4 Å². The van der Waals surface area contributed by atoms with Crippen molar-refractivity contribution < 1.29 is 0 Å². The summed E-state index contributed by atoms with van der Waals surface area (Å²) >= 11 is 6.15. The van der Waals surface area contributed by atoms with Crippen LogP contribution < -0.4 is 5.32 Å². The minimum atomic E-state index is 0.198. The summed E-state index contributed by atoms with van der Waals surface area (Å²) in [6.45, 7) is 7.62. The average Bonchev–Trinajstić information content (AvgIpc) is 2.68. The van der Waals surface area contributed by atoms with Crippen molar-refractivity contribution in [3.05, 3.63) is 35.0 Å². The van der Waals surface area contributed by atoms with Gasteiger partial charge in [0.15, 0.2) is 0 Å². The topological polar surface area (TPSA) is 27.8 Å². The molecule has 0 aliphatic heterocycles. The normalized spacial score (nSPS) is 12.2.